The van der Waals surface area contributed by atoms with Crippen molar-refractivity contribution >= 4 is 17.6 Å². The molecule has 0 spiro atoms. The average molecular weight is 433 g/mol. The number of rotatable bonds is 8. The fourth-order valence-electron chi connectivity index (χ4n) is 3.15. The maximum atomic E-state index is 14.7. The Kier molecular flexibility index (Phi) is 6.09. The van der Waals surface area contributed by atoms with E-state index in [2.05, 4.69) is 5.16 Å². The SMILES string of the molecule is CCc1c(CC(F)(F)C(=O)Nc2cn(CC)cc2C(=O)O)noc1-c1ccc(O)cc1. The van der Waals surface area contributed by atoms with E-state index >= 15 is 0 Å². The number of amides is 1. The monoisotopic (exact) mass is 433 g/mol. The number of nitrogens with zero attached hydrogens (tertiary/aromatic N) is 2. The zero-order valence-corrected chi connectivity index (χ0v) is 16.9. The first kappa shape index (κ1) is 22.0. The first-order valence-corrected chi connectivity index (χ1v) is 9.55. The molecule has 2 heterocycles. The van der Waals surface area contributed by atoms with Crippen LogP contribution in [-0.2, 0) is 24.2 Å². The lowest BCUT2D eigenvalue weighted by atomic mass is 10.0. The molecule has 0 aliphatic heterocycles. The number of halogens is 2. The normalized spacial score (nSPS) is 11.5. The highest BCUT2D eigenvalue weighted by atomic mass is 19.3. The van der Waals surface area contributed by atoms with E-state index in [1.165, 1.54) is 29.1 Å². The van der Waals surface area contributed by atoms with E-state index in [4.69, 9.17) is 4.52 Å². The number of carbonyl (C=O) groups excluding carboxylic acids is 1. The Morgan fingerprint density at radius 1 is 1.19 bits per heavy atom. The number of aromatic carboxylic acids is 1. The third-order valence-corrected chi connectivity index (χ3v) is 4.80. The van der Waals surface area contributed by atoms with Crippen LogP contribution in [0.15, 0.2) is 41.2 Å². The van der Waals surface area contributed by atoms with Gasteiger partial charge in [0.25, 0.3) is 5.91 Å². The predicted octanol–water partition coefficient (Wildman–Crippen LogP) is 3.95. The quantitative estimate of drug-likeness (QED) is 0.495. The van der Waals surface area contributed by atoms with Gasteiger partial charge in [-0.2, -0.15) is 8.78 Å². The number of carboxylic acid groups (broad SMARTS) is 1. The van der Waals surface area contributed by atoms with Crippen LogP contribution in [0.2, 0.25) is 0 Å². The molecule has 0 unspecified atom stereocenters. The van der Waals surface area contributed by atoms with Crippen molar-refractivity contribution in [3.8, 4) is 17.1 Å². The van der Waals surface area contributed by atoms with Crippen molar-refractivity contribution in [3.63, 3.8) is 0 Å². The third kappa shape index (κ3) is 4.57. The van der Waals surface area contributed by atoms with E-state index in [1.807, 2.05) is 5.32 Å². The lowest BCUT2D eigenvalue weighted by Gasteiger charge is -2.15. The first-order chi connectivity index (χ1) is 14.7. The number of hydrogen-bond donors (Lipinski definition) is 3. The minimum absolute atomic E-state index is 0.0439. The number of benzene rings is 1. The summed E-state index contributed by atoms with van der Waals surface area (Å²) in [5.41, 5.74) is 0.404. The Balaban J connectivity index is 1.83. The topological polar surface area (TPSA) is 118 Å². The van der Waals surface area contributed by atoms with Crippen molar-refractivity contribution < 1.29 is 33.1 Å². The molecular weight excluding hydrogens is 412 g/mol. The van der Waals surface area contributed by atoms with Crippen molar-refractivity contribution in [1.82, 2.24) is 9.72 Å². The summed E-state index contributed by atoms with van der Waals surface area (Å²) in [5.74, 6) is -6.52. The molecule has 0 aliphatic rings. The number of carbonyl (C=O) groups is 2. The molecule has 0 saturated heterocycles. The number of aryl methyl sites for hydroxylation is 1. The molecule has 1 aromatic carbocycles. The molecule has 0 saturated carbocycles. The molecule has 0 fully saturated rings. The lowest BCUT2D eigenvalue weighted by molar-refractivity contribution is -0.139. The van der Waals surface area contributed by atoms with E-state index in [-0.39, 0.29) is 28.5 Å². The van der Waals surface area contributed by atoms with Gasteiger partial charge in [0.1, 0.15) is 11.3 Å². The molecule has 0 bridgehead atoms. The maximum absolute atomic E-state index is 14.7. The number of hydrogen-bond acceptors (Lipinski definition) is 5. The lowest BCUT2D eigenvalue weighted by Crippen LogP contribution is -2.37. The molecule has 1 amide bonds. The highest BCUT2D eigenvalue weighted by Crippen LogP contribution is 2.32. The molecule has 164 valence electrons. The van der Waals surface area contributed by atoms with Crippen molar-refractivity contribution in [2.24, 2.45) is 0 Å². The first-order valence-electron chi connectivity index (χ1n) is 9.55. The van der Waals surface area contributed by atoms with Crippen LogP contribution in [0.3, 0.4) is 0 Å². The number of anilines is 1. The summed E-state index contributed by atoms with van der Waals surface area (Å²) >= 11 is 0. The molecule has 0 atom stereocenters. The Hall–Kier alpha value is -3.69. The standard InChI is InChI=1S/C21H21F2N3O5/c1-3-14-16(25-31-18(14)12-5-7-13(27)8-6-12)9-21(22,23)20(30)24-17-11-26(4-2)10-15(17)19(28)29/h5-8,10-11,27H,3-4,9H2,1-2H3,(H,24,30)(H,28,29). The molecule has 8 nitrogen and oxygen atoms in total. The molecule has 31 heavy (non-hydrogen) atoms. The van der Waals surface area contributed by atoms with E-state index in [0.29, 0.717) is 24.1 Å². The van der Waals surface area contributed by atoms with Crippen LogP contribution >= 0.6 is 0 Å². The van der Waals surface area contributed by atoms with Crippen LogP contribution in [0.4, 0.5) is 14.5 Å². The smallest absolute Gasteiger partial charge is 0.339 e. The second-order valence-corrected chi connectivity index (χ2v) is 6.89. The van der Waals surface area contributed by atoms with Crippen LogP contribution < -0.4 is 5.32 Å². The summed E-state index contributed by atoms with van der Waals surface area (Å²) in [6, 6.07) is 5.99. The second-order valence-electron chi connectivity index (χ2n) is 6.89. The van der Waals surface area contributed by atoms with Crippen molar-refractivity contribution in [1.29, 1.82) is 0 Å². The zero-order valence-electron chi connectivity index (χ0n) is 16.9. The molecule has 3 rings (SSSR count). The molecule has 3 N–H and O–H groups in total. The Labute approximate surface area is 176 Å². The van der Waals surface area contributed by atoms with E-state index in [0.717, 1.165) is 0 Å². The number of alkyl halides is 2. The molecule has 0 radical (unpaired) electrons. The van der Waals surface area contributed by atoms with Crippen molar-refractivity contribution in [3.05, 3.63) is 53.5 Å². The van der Waals surface area contributed by atoms with Gasteiger partial charge >= 0.3 is 11.9 Å². The Bertz CT molecular complexity index is 1100. The van der Waals surface area contributed by atoms with Gasteiger partial charge in [-0.15, -0.1) is 0 Å². The number of phenolic OH excluding ortho intramolecular Hbond substituents is 1. The molecule has 10 heteroatoms. The van der Waals surface area contributed by atoms with E-state index in [1.54, 1.807) is 26.0 Å². The fourth-order valence-corrected chi connectivity index (χ4v) is 3.15. The highest BCUT2D eigenvalue weighted by molar-refractivity contribution is 6.02. The number of phenols is 1. The van der Waals surface area contributed by atoms with Crippen LogP contribution in [0.1, 0.15) is 35.5 Å². The molecule has 0 aliphatic carbocycles. The minimum atomic E-state index is -3.86. The number of aromatic hydroxyl groups is 1. The average Bonchev–Trinajstić information content (AvgIpc) is 3.32. The number of carboxylic acids is 1. The Morgan fingerprint density at radius 3 is 2.45 bits per heavy atom. The molecular formula is C21H21F2N3O5. The summed E-state index contributed by atoms with van der Waals surface area (Å²) in [7, 11) is 0. The third-order valence-electron chi connectivity index (χ3n) is 4.80. The number of nitrogens with one attached hydrogen (secondary N) is 1. The predicted molar refractivity (Wildman–Crippen MR) is 107 cm³/mol. The fraction of sp³-hybridized carbons (Fsp3) is 0.286. The van der Waals surface area contributed by atoms with E-state index < -0.39 is 24.2 Å². The summed E-state index contributed by atoms with van der Waals surface area (Å²) in [6.45, 7) is 3.89. The van der Waals surface area contributed by atoms with E-state index in [9.17, 15) is 28.6 Å². The molecule has 2 aromatic heterocycles. The maximum Gasteiger partial charge on any atom is 0.339 e. The van der Waals surface area contributed by atoms with Gasteiger partial charge in [0.05, 0.1) is 17.8 Å². The van der Waals surface area contributed by atoms with Gasteiger partial charge in [-0.25, -0.2) is 4.79 Å². The van der Waals surface area contributed by atoms with Gasteiger partial charge in [-0.05, 0) is 37.6 Å². The number of aromatic nitrogens is 2. The zero-order chi connectivity index (χ0) is 22.8. The van der Waals surface area contributed by atoms with Gasteiger partial charge in [0.15, 0.2) is 5.76 Å². The van der Waals surface area contributed by atoms with Gasteiger partial charge in [-0.3, -0.25) is 4.79 Å². The largest absolute Gasteiger partial charge is 0.508 e. The van der Waals surface area contributed by atoms with Crippen molar-refractivity contribution in [2.45, 2.75) is 39.2 Å². The van der Waals surface area contributed by atoms with Crippen molar-refractivity contribution in [2.75, 3.05) is 5.32 Å². The summed E-state index contributed by atoms with van der Waals surface area (Å²) in [6.07, 6.45) is 1.86. The van der Waals surface area contributed by atoms with Gasteiger partial charge in [-0.1, -0.05) is 12.1 Å². The summed E-state index contributed by atoms with van der Waals surface area (Å²) in [5, 5.41) is 24.4. The van der Waals surface area contributed by atoms with Crippen LogP contribution in [0.25, 0.3) is 11.3 Å². The van der Waals surface area contributed by atoms with Crippen LogP contribution in [-0.4, -0.2) is 37.7 Å². The van der Waals surface area contributed by atoms with Gasteiger partial charge < -0.3 is 24.6 Å². The second kappa shape index (κ2) is 8.58. The Morgan fingerprint density at radius 2 is 1.87 bits per heavy atom. The van der Waals surface area contributed by atoms with Crippen LogP contribution in [0.5, 0.6) is 5.75 Å². The minimum Gasteiger partial charge on any atom is -0.508 e. The summed E-state index contributed by atoms with van der Waals surface area (Å²) in [4.78, 5) is 23.6. The molecule has 3 aromatic rings. The van der Waals surface area contributed by atoms with Crippen LogP contribution in [0, 0.1) is 0 Å². The van der Waals surface area contributed by atoms with Gasteiger partial charge in [0, 0.05) is 30.1 Å². The van der Waals surface area contributed by atoms with Gasteiger partial charge in [0.2, 0.25) is 0 Å². The summed E-state index contributed by atoms with van der Waals surface area (Å²) < 4.78 is 36.1. The highest BCUT2D eigenvalue weighted by Gasteiger charge is 2.41.